The molecule has 0 radical (unpaired) electrons. The van der Waals surface area contributed by atoms with Crippen molar-refractivity contribution in [2.75, 3.05) is 12.8 Å². The lowest BCUT2D eigenvalue weighted by molar-refractivity contribution is 0.0950. The standard InChI is InChI=1S/C15H14BrClN2O2/c1-21-14-4-2-3-13(17)12(14)8-19-15(20)9-5-10(16)7-11(18)6-9/h2-7H,8,18H2,1H3,(H,19,20). The van der Waals surface area contributed by atoms with E-state index in [9.17, 15) is 4.79 Å². The van der Waals surface area contributed by atoms with Gasteiger partial charge in [0.1, 0.15) is 5.75 Å². The first-order chi connectivity index (χ1) is 10.0. The second-order valence-corrected chi connectivity index (χ2v) is 5.70. The van der Waals surface area contributed by atoms with Gasteiger partial charge < -0.3 is 15.8 Å². The monoisotopic (exact) mass is 368 g/mol. The molecule has 6 heteroatoms. The second kappa shape index (κ2) is 6.83. The average Bonchev–Trinajstić information content (AvgIpc) is 2.44. The third-order valence-electron chi connectivity index (χ3n) is 2.90. The third kappa shape index (κ3) is 3.89. The van der Waals surface area contributed by atoms with Gasteiger partial charge in [0, 0.05) is 32.9 Å². The minimum atomic E-state index is -0.232. The Labute approximate surface area is 136 Å². The van der Waals surface area contributed by atoms with Crippen molar-refractivity contribution in [2.24, 2.45) is 0 Å². The van der Waals surface area contributed by atoms with Gasteiger partial charge in [-0.25, -0.2) is 0 Å². The molecule has 2 aromatic rings. The van der Waals surface area contributed by atoms with Gasteiger partial charge in [-0.3, -0.25) is 4.79 Å². The molecule has 0 fully saturated rings. The molecule has 0 saturated carbocycles. The zero-order chi connectivity index (χ0) is 15.4. The van der Waals surface area contributed by atoms with Crippen molar-refractivity contribution in [2.45, 2.75) is 6.54 Å². The number of rotatable bonds is 4. The van der Waals surface area contributed by atoms with Crippen LogP contribution in [0.4, 0.5) is 5.69 Å². The maximum atomic E-state index is 12.2. The van der Waals surface area contributed by atoms with Crippen molar-refractivity contribution in [1.29, 1.82) is 0 Å². The summed E-state index contributed by atoms with van der Waals surface area (Å²) in [5, 5.41) is 3.35. The summed E-state index contributed by atoms with van der Waals surface area (Å²) >= 11 is 9.44. The molecule has 21 heavy (non-hydrogen) atoms. The van der Waals surface area contributed by atoms with Crippen molar-refractivity contribution in [1.82, 2.24) is 5.32 Å². The second-order valence-electron chi connectivity index (χ2n) is 4.38. The lowest BCUT2D eigenvalue weighted by Gasteiger charge is -2.11. The van der Waals surface area contributed by atoms with Gasteiger partial charge in [-0.05, 0) is 30.3 Å². The number of hydrogen-bond donors (Lipinski definition) is 2. The normalized spacial score (nSPS) is 10.2. The molecule has 0 aliphatic rings. The number of ether oxygens (including phenoxy) is 1. The highest BCUT2D eigenvalue weighted by molar-refractivity contribution is 9.10. The highest BCUT2D eigenvalue weighted by Crippen LogP contribution is 2.26. The van der Waals surface area contributed by atoms with Gasteiger partial charge >= 0.3 is 0 Å². The summed E-state index contributed by atoms with van der Waals surface area (Å²) in [6.45, 7) is 0.272. The Morgan fingerprint density at radius 1 is 1.38 bits per heavy atom. The first-order valence-electron chi connectivity index (χ1n) is 6.17. The van der Waals surface area contributed by atoms with Gasteiger partial charge in [0.15, 0.2) is 0 Å². The zero-order valence-corrected chi connectivity index (χ0v) is 13.7. The summed E-state index contributed by atoms with van der Waals surface area (Å²) in [7, 11) is 1.56. The molecule has 0 aliphatic heterocycles. The van der Waals surface area contributed by atoms with E-state index in [0.717, 1.165) is 10.0 Å². The van der Waals surface area contributed by atoms with Crippen LogP contribution in [0.3, 0.4) is 0 Å². The van der Waals surface area contributed by atoms with Crippen molar-refractivity contribution in [3.8, 4) is 5.75 Å². The van der Waals surface area contributed by atoms with E-state index in [-0.39, 0.29) is 12.5 Å². The average molecular weight is 370 g/mol. The van der Waals surface area contributed by atoms with Gasteiger partial charge in [0.05, 0.1) is 7.11 Å². The van der Waals surface area contributed by atoms with Crippen LogP contribution in [0.5, 0.6) is 5.75 Å². The molecular formula is C15H14BrClN2O2. The molecule has 2 aromatic carbocycles. The molecule has 0 heterocycles. The van der Waals surface area contributed by atoms with Crippen LogP contribution in [0.25, 0.3) is 0 Å². The fraction of sp³-hybridized carbons (Fsp3) is 0.133. The highest BCUT2D eigenvalue weighted by atomic mass is 79.9. The molecule has 0 atom stereocenters. The Kier molecular flexibility index (Phi) is 5.09. The summed E-state index contributed by atoms with van der Waals surface area (Å²) in [5.74, 6) is 0.404. The number of anilines is 1. The molecule has 2 rings (SSSR count). The number of carbonyl (C=O) groups excluding carboxylic acids is 1. The molecule has 0 aliphatic carbocycles. The third-order valence-corrected chi connectivity index (χ3v) is 3.72. The van der Waals surface area contributed by atoms with Gasteiger partial charge in [-0.15, -0.1) is 0 Å². The molecule has 0 unspecified atom stereocenters. The van der Waals surface area contributed by atoms with E-state index in [4.69, 9.17) is 22.1 Å². The van der Waals surface area contributed by atoms with Crippen LogP contribution in [-0.4, -0.2) is 13.0 Å². The van der Waals surface area contributed by atoms with E-state index in [1.165, 1.54) is 0 Å². The highest BCUT2D eigenvalue weighted by Gasteiger charge is 2.11. The van der Waals surface area contributed by atoms with E-state index in [1.807, 2.05) is 0 Å². The Balaban J connectivity index is 2.15. The van der Waals surface area contributed by atoms with Gasteiger partial charge in [-0.2, -0.15) is 0 Å². The van der Waals surface area contributed by atoms with Crippen molar-refractivity contribution in [3.63, 3.8) is 0 Å². The molecule has 4 nitrogen and oxygen atoms in total. The van der Waals surface area contributed by atoms with Crippen LogP contribution < -0.4 is 15.8 Å². The van der Waals surface area contributed by atoms with E-state index < -0.39 is 0 Å². The van der Waals surface area contributed by atoms with E-state index in [0.29, 0.717) is 22.0 Å². The Bertz CT molecular complexity index is 656. The molecule has 0 saturated heterocycles. The number of nitrogens with one attached hydrogen (secondary N) is 1. The number of benzene rings is 2. The largest absolute Gasteiger partial charge is 0.496 e. The number of nitrogens with two attached hydrogens (primary N) is 1. The van der Waals surface area contributed by atoms with Gasteiger partial charge in [0.25, 0.3) is 5.91 Å². The number of nitrogen functional groups attached to an aromatic ring is 1. The molecule has 1 amide bonds. The predicted molar refractivity (Wildman–Crippen MR) is 87.7 cm³/mol. The maximum absolute atomic E-state index is 12.2. The SMILES string of the molecule is COc1cccc(Cl)c1CNC(=O)c1cc(N)cc(Br)c1. The van der Waals surface area contributed by atoms with Crippen LogP contribution in [0, 0.1) is 0 Å². The Hall–Kier alpha value is -1.72. The molecule has 0 bridgehead atoms. The van der Waals surface area contributed by atoms with E-state index in [1.54, 1.807) is 43.5 Å². The first kappa shape index (κ1) is 15.7. The van der Waals surface area contributed by atoms with E-state index >= 15 is 0 Å². The van der Waals surface area contributed by atoms with Gasteiger partial charge in [-0.1, -0.05) is 33.6 Å². The van der Waals surface area contributed by atoms with Crippen molar-refractivity contribution in [3.05, 3.63) is 57.0 Å². The fourth-order valence-electron chi connectivity index (χ4n) is 1.92. The summed E-state index contributed by atoms with van der Waals surface area (Å²) in [5.41, 5.74) is 7.46. The quantitative estimate of drug-likeness (QED) is 0.809. The molecular weight excluding hydrogens is 356 g/mol. The number of hydrogen-bond acceptors (Lipinski definition) is 3. The smallest absolute Gasteiger partial charge is 0.251 e. The number of halogens is 2. The van der Waals surface area contributed by atoms with E-state index in [2.05, 4.69) is 21.2 Å². The molecule has 0 spiro atoms. The van der Waals surface area contributed by atoms with Crippen molar-refractivity contribution >= 4 is 39.1 Å². The van der Waals surface area contributed by atoms with Crippen LogP contribution in [0.2, 0.25) is 5.02 Å². The lowest BCUT2D eigenvalue weighted by atomic mass is 10.1. The summed E-state index contributed by atoms with van der Waals surface area (Å²) < 4.78 is 5.99. The minimum Gasteiger partial charge on any atom is -0.496 e. The Morgan fingerprint density at radius 3 is 2.81 bits per heavy atom. The zero-order valence-electron chi connectivity index (χ0n) is 11.3. The molecule has 110 valence electrons. The summed E-state index contributed by atoms with van der Waals surface area (Å²) in [6.07, 6.45) is 0. The topological polar surface area (TPSA) is 64.3 Å². The number of methoxy groups -OCH3 is 1. The van der Waals surface area contributed by atoms with Crippen LogP contribution in [-0.2, 0) is 6.54 Å². The van der Waals surface area contributed by atoms with Crippen LogP contribution in [0.15, 0.2) is 40.9 Å². The molecule has 0 aromatic heterocycles. The summed E-state index contributed by atoms with van der Waals surface area (Å²) in [6, 6.07) is 10.4. The predicted octanol–water partition coefficient (Wildman–Crippen LogP) is 3.62. The Morgan fingerprint density at radius 2 is 2.14 bits per heavy atom. The lowest BCUT2D eigenvalue weighted by Crippen LogP contribution is -2.23. The number of amides is 1. The first-order valence-corrected chi connectivity index (χ1v) is 7.34. The minimum absolute atomic E-state index is 0.232. The fourth-order valence-corrected chi connectivity index (χ4v) is 2.66. The van der Waals surface area contributed by atoms with Crippen LogP contribution in [0.1, 0.15) is 15.9 Å². The van der Waals surface area contributed by atoms with Crippen molar-refractivity contribution < 1.29 is 9.53 Å². The molecule has 3 N–H and O–H groups in total. The number of carbonyl (C=O) groups is 1. The maximum Gasteiger partial charge on any atom is 0.251 e. The summed E-state index contributed by atoms with van der Waals surface area (Å²) in [4.78, 5) is 12.2. The van der Waals surface area contributed by atoms with Gasteiger partial charge in [0.2, 0.25) is 0 Å². The van der Waals surface area contributed by atoms with Crippen LogP contribution >= 0.6 is 27.5 Å².